The first-order valence-electron chi connectivity index (χ1n) is 9.29. The van der Waals surface area contributed by atoms with E-state index in [0.29, 0.717) is 22.9 Å². The number of nitrogens with one attached hydrogen (secondary N) is 1. The number of benzene rings is 3. The molecular formula is C23H20BrClN2O3. The van der Waals surface area contributed by atoms with Gasteiger partial charge in [0.05, 0.1) is 22.9 Å². The first-order chi connectivity index (χ1) is 14.6. The Morgan fingerprint density at radius 3 is 2.60 bits per heavy atom. The van der Waals surface area contributed by atoms with Crippen LogP contribution in [0.3, 0.4) is 0 Å². The van der Waals surface area contributed by atoms with Crippen LogP contribution in [0, 0.1) is 0 Å². The Hall–Kier alpha value is -2.83. The number of nitrogens with zero attached hydrogens (tertiary/aromatic N) is 1. The van der Waals surface area contributed by atoms with Crippen LogP contribution in [0.1, 0.15) is 28.4 Å². The zero-order chi connectivity index (χ0) is 21.3. The van der Waals surface area contributed by atoms with Gasteiger partial charge in [0.15, 0.2) is 0 Å². The predicted molar refractivity (Wildman–Crippen MR) is 123 cm³/mol. The van der Waals surface area contributed by atoms with E-state index < -0.39 is 0 Å². The molecule has 1 N–H and O–H groups in total. The van der Waals surface area contributed by atoms with Gasteiger partial charge < -0.3 is 9.47 Å². The fourth-order valence-electron chi connectivity index (χ4n) is 2.65. The number of carbonyl (C=O) groups is 1. The Bertz CT molecular complexity index is 1060. The van der Waals surface area contributed by atoms with E-state index in [1.807, 2.05) is 43.3 Å². The summed E-state index contributed by atoms with van der Waals surface area (Å²) in [5, 5.41) is 4.66. The third kappa shape index (κ3) is 5.84. The van der Waals surface area contributed by atoms with Crippen molar-refractivity contribution in [3.8, 4) is 11.5 Å². The van der Waals surface area contributed by atoms with E-state index in [2.05, 4.69) is 26.5 Å². The summed E-state index contributed by atoms with van der Waals surface area (Å²) in [5.74, 6) is 0.836. The minimum Gasteiger partial charge on any atom is -0.493 e. The van der Waals surface area contributed by atoms with Crippen molar-refractivity contribution < 1.29 is 14.3 Å². The molecule has 0 unspecified atom stereocenters. The van der Waals surface area contributed by atoms with Crippen LogP contribution in [-0.4, -0.2) is 18.7 Å². The molecule has 154 valence electrons. The molecule has 7 heteroatoms. The van der Waals surface area contributed by atoms with E-state index in [1.165, 1.54) is 0 Å². The zero-order valence-electron chi connectivity index (χ0n) is 16.3. The van der Waals surface area contributed by atoms with Crippen LogP contribution in [0.25, 0.3) is 0 Å². The summed E-state index contributed by atoms with van der Waals surface area (Å²) < 4.78 is 12.1. The van der Waals surface area contributed by atoms with Gasteiger partial charge >= 0.3 is 0 Å². The van der Waals surface area contributed by atoms with Crippen molar-refractivity contribution >= 4 is 39.7 Å². The average molecular weight is 488 g/mol. The van der Waals surface area contributed by atoms with Gasteiger partial charge in [-0.2, -0.15) is 5.10 Å². The summed E-state index contributed by atoms with van der Waals surface area (Å²) in [5.41, 5.74) is 4.57. The minimum absolute atomic E-state index is 0.257. The van der Waals surface area contributed by atoms with Crippen molar-refractivity contribution in [1.29, 1.82) is 0 Å². The fourth-order valence-corrected chi connectivity index (χ4v) is 3.35. The molecule has 0 aliphatic carbocycles. The number of amides is 1. The van der Waals surface area contributed by atoms with E-state index >= 15 is 0 Å². The number of carbonyl (C=O) groups excluding carboxylic acids is 1. The van der Waals surface area contributed by atoms with Crippen molar-refractivity contribution in [3.63, 3.8) is 0 Å². The lowest BCUT2D eigenvalue weighted by atomic mass is 10.2. The van der Waals surface area contributed by atoms with Gasteiger partial charge in [-0.1, -0.05) is 41.9 Å². The Kier molecular flexibility index (Phi) is 7.88. The van der Waals surface area contributed by atoms with Gasteiger partial charge in [0, 0.05) is 10.6 Å². The van der Waals surface area contributed by atoms with E-state index in [9.17, 15) is 4.79 Å². The Balaban J connectivity index is 1.65. The summed E-state index contributed by atoms with van der Waals surface area (Å²) in [6.45, 7) is 2.76. The second-order valence-corrected chi connectivity index (χ2v) is 7.46. The minimum atomic E-state index is -0.369. The van der Waals surface area contributed by atoms with E-state index in [0.717, 1.165) is 21.3 Å². The molecule has 30 heavy (non-hydrogen) atoms. The van der Waals surface area contributed by atoms with Gasteiger partial charge in [-0.25, -0.2) is 5.43 Å². The molecule has 0 radical (unpaired) electrons. The molecule has 0 bridgehead atoms. The highest BCUT2D eigenvalue weighted by molar-refractivity contribution is 9.10. The molecule has 5 nitrogen and oxygen atoms in total. The van der Waals surface area contributed by atoms with Crippen LogP contribution in [-0.2, 0) is 6.61 Å². The first kappa shape index (κ1) is 21.9. The lowest BCUT2D eigenvalue weighted by molar-refractivity contribution is 0.0950. The van der Waals surface area contributed by atoms with Crippen LogP contribution in [0.5, 0.6) is 11.5 Å². The van der Waals surface area contributed by atoms with E-state index in [-0.39, 0.29) is 12.5 Å². The molecule has 0 aromatic heterocycles. The molecular weight excluding hydrogens is 468 g/mol. The summed E-state index contributed by atoms with van der Waals surface area (Å²) in [7, 11) is 0. The largest absolute Gasteiger partial charge is 0.493 e. The first-order valence-corrected chi connectivity index (χ1v) is 10.5. The lowest BCUT2D eigenvalue weighted by Gasteiger charge is -2.11. The van der Waals surface area contributed by atoms with Crippen LogP contribution >= 0.6 is 27.5 Å². The highest BCUT2D eigenvalue weighted by atomic mass is 79.9. The Morgan fingerprint density at radius 1 is 1.07 bits per heavy atom. The molecule has 0 aliphatic heterocycles. The Labute approximate surface area is 188 Å². The predicted octanol–water partition coefficient (Wildman–Crippen LogP) is 5.84. The number of para-hydroxylation sites is 1. The molecule has 0 fully saturated rings. The SMILES string of the molecule is CCOc1ccc(/C=N/NC(=O)c2ccccc2OCc2ccccc2Cl)cc1Br. The number of halogens is 2. The monoisotopic (exact) mass is 486 g/mol. The summed E-state index contributed by atoms with van der Waals surface area (Å²) in [4.78, 5) is 12.6. The van der Waals surface area contributed by atoms with Gasteiger partial charge in [0.1, 0.15) is 18.1 Å². The molecule has 0 heterocycles. The van der Waals surface area contributed by atoms with Gasteiger partial charge in [0.2, 0.25) is 0 Å². The normalized spacial score (nSPS) is 10.8. The molecule has 3 aromatic rings. The number of hydrogen-bond acceptors (Lipinski definition) is 4. The van der Waals surface area contributed by atoms with Crippen molar-refractivity contribution in [2.45, 2.75) is 13.5 Å². The second-order valence-electron chi connectivity index (χ2n) is 6.20. The van der Waals surface area contributed by atoms with Crippen molar-refractivity contribution in [2.24, 2.45) is 5.10 Å². The molecule has 0 saturated carbocycles. The maximum Gasteiger partial charge on any atom is 0.275 e. The quantitative estimate of drug-likeness (QED) is 0.320. The number of hydrogen-bond donors (Lipinski definition) is 1. The highest BCUT2D eigenvalue weighted by Crippen LogP contribution is 2.25. The summed E-state index contributed by atoms with van der Waals surface area (Å²) >= 11 is 9.63. The van der Waals surface area contributed by atoms with E-state index in [4.69, 9.17) is 21.1 Å². The molecule has 3 aromatic carbocycles. The van der Waals surface area contributed by atoms with Crippen LogP contribution in [0.4, 0.5) is 0 Å². The van der Waals surface area contributed by atoms with Gasteiger partial charge in [0.25, 0.3) is 5.91 Å². The standard InChI is InChI=1S/C23H20BrClN2O3/c1-2-29-22-12-11-16(13-19(22)24)14-26-27-23(28)18-8-4-6-10-21(18)30-15-17-7-3-5-9-20(17)25/h3-14H,2,15H2,1H3,(H,27,28)/b26-14+. The molecule has 0 atom stereocenters. The maximum absolute atomic E-state index is 12.6. The number of hydrazone groups is 1. The van der Waals surface area contributed by atoms with Crippen molar-refractivity contribution in [3.05, 3.63) is 92.9 Å². The van der Waals surface area contributed by atoms with Gasteiger partial charge in [-0.05, 0) is 64.8 Å². The van der Waals surface area contributed by atoms with Crippen LogP contribution in [0.15, 0.2) is 76.3 Å². The van der Waals surface area contributed by atoms with E-state index in [1.54, 1.807) is 36.5 Å². The van der Waals surface area contributed by atoms with Crippen molar-refractivity contribution in [2.75, 3.05) is 6.61 Å². The zero-order valence-corrected chi connectivity index (χ0v) is 18.6. The highest BCUT2D eigenvalue weighted by Gasteiger charge is 2.12. The van der Waals surface area contributed by atoms with Gasteiger partial charge in [-0.3, -0.25) is 4.79 Å². The molecule has 1 amide bonds. The number of rotatable bonds is 8. The molecule has 0 aliphatic rings. The fraction of sp³-hybridized carbons (Fsp3) is 0.130. The van der Waals surface area contributed by atoms with Gasteiger partial charge in [-0.15, -0.1) is 0 Å². The van der Waals surface area contributed by atoms with Crippen molar-refractivity contribution in [1.82, 2.24) is 5.43 Å². The summed E-state index contributed by atoms with van der Waals surface area (Å²) in [6.07, 6.45) is 1.56. The summed E-state index contributed by atoms with van der Waals surface area (Å²) in [6, 6.07) is 20.0. The molecule has 0 spiro atoms. The maximum atomic E-state index is 12.6. The van der Waals surface area contributed by atoms with Crippen LogP contribution in [0.2, 0.25) is 5.02 Å². The molecule has 0 saturated heterocycles. The number of ether oxygens (including phenoxy) is 2. The smallest absolute Gasteiger partial charge is 0.275 e. The van der Waals surface area contributed by atoms with Crippen LogP contribution < -0.4 is 14.9 Å². The lowest BCUT2D eigenvalue weighted by Crippen LogP contribution is -2.18. The Morgan fingerprint density at radius 2 is 1.83 bits per heavy atom. The third-order valence-electron chi connectivity index (χ3n) is 4.11. The topological polar surface area (TPSA) is 59.9 Å². The molecule has 3 rings (SSSR count). The average Bonchev–Trinajstić information content (AvgIpc) is 2.75. The third-order valence-corrected chi connectivity index (χ3v) is 5.10. The second kappa shape index (κ2) is 10.8.